The van der Waals surface area contributed by atoms with Crippen LogP contribution in [0.5, 0.6) is 0 Å². The Balaban J connectivity index is 1.90. The molecule has 0 fully saturated rings. The molecule has 0 aliphatic rings. The summed E-state index contributed by atoms with van der Waals surface area (Å²) in [6.45, 7) is 7.68. The Morgan fingerprint density at radius 1 is 1.00 bits per heavy atom. The first-order chi connectivity index (χ1) is 16.1. The van der Waals surface area contributed by atoms with Crippen LogP contribution in [0.2, 0.25) is 5.02 Å². The van der Waals surface area contributed by atoms with E-state index in [1.54, 1.807) is 13.0 Å². The van der Waals surface area contributed by atoms with Crippen molar-refractivity contribution in [2.75, 3.05) is 11.3 Å². The monoisotopic (exact) mass is 496 g/mol. The number of benzene rings is 3. The second-order valence-electron chi connectivity index (χ2n) is 8.10. The zero-order valence-corrected chi connectivity index (χ0v) is 20.9. The zero-order chi connectivity index (χ0) is 24.6. The van der Waals surface area contributed by atoms with Crippen LogP contribution in [0.15, 0.2) is 65.6 Å². The molecule has 0 saturated carbocycles. The van der Waals surface area contributed by atoms with Gasteiger partial charge < -0.3 is 9.30 Å². The van der Waals surface area contributed by atoms with Crippen LogP contribution in [0, 0.1) is 20.8 Å². The highest BCUT2D eigenvalue weighted by Crippen LogP contribution is 2.34. The van der Waals surface area contributed by atoms with Gasteiger partial charge in [-0.15, -0.1) is 0 Å². The highest BCUT2D eigenvalue weighted by molar-refractivity contribution is 7.92. The number of aryl methyl sites for hydroxylation is 2. The van der Waals surface area contributed by atoms with Gasteiger partial charge in [-0.2, -0.15) is 0 Å². The van der Waals surface area contributed by atoms with Gasteiger partial charge in [0.15, 0.2) is 0 Å². The van der Waals surface area contributed by atoms with E-state index in [-0.39, 0.29) is 11.5 Å². The Kier molecular flexibility index (Phi) is 6.43. The van der Waals surface area contributed by atoms with Crippen LogP contribution in [0.4, 0.5) is 5.69 Å². The second kappa shape index (κ2) is 9.16. The standard InChI is InChI=1S/C26H25ClN2O4S/c1-5-33-26(30)25-18(4)29(20-10-6-16(2)7-11-20)24-14-17(3)23(15-22(24)25)28-34(31,32)21-12-8-19(27)9-13-21/h6-15,28H,5H2,1-4H3. The molecule has 0 amide bonds. The smallest absolute Gasteiger partial charge is 0.340 e. The molecule has 0 aliphatic heterocycles. The summed E-state index contributed by atoms with van der Waals surface area (Å²) in [6, 6.07) is 17.5. The molecule has 1 N–H and O–H groups in total. The summed E-state index contributed by atoms with van der Waals surface area (Å²) in [5.74, 6) is -0.453. The number of halogens is 1. The maximum absolute atomic E-state index is 13.0. The largest absolute Gasteiger partial charge is 0.462 e. The third-order valence-electron chi connectivity index (χ3n) is 5.69. The number of carbonyl (C=O) groups excluding carboxylic acids is 1. The first-order valence-corrected chi connectivity index (χ1v) is 12.7. The first-order valence-electron chi connectivity index (χ1n) is 10.8. The fourth-order valence-corrected chi connectivity index (χ4v) is 5.23. The molecule has 6 nitrogen and oxygen atoms in total. The van der Waals surface area contributed by atoms with Gasteiger partial charge in [-0.1, -0.05) is 29.3 Å². The Labute approximate surface area is 204 Å². The molecule has 1 aromatic heterocycles. The van der Waals surface area contributed by atoms with Crippen molar-refractivity contribution in [3.63, 3.8) is 0 Å². The molecule has 0 aliphatic carbocycles. The molecule has 0 unspecified atom stereocenters. The van der Waals surface area contributed by atoms with Crippen molar-refractivity contribution in [3.05, 3.63) is 88.1 Å². The minimum absolute atomic E-state index is 0.0930. The lowest BCUT2D eigenvalue weighted by molar-refractivity contribution is 0.0527. The number of fused-ring (bicyclic) bond motifs is 1. The molecule has 8 heteroatoms. The van der Waals surface area contributed by atoms with Crippen molar-refractivity contribution in [1.29, 1.82) is 0 Å². The van der Waals surface area contributed by atoms with Crippen molar-refractivity contribution in [3.8, 4) is 5.69 Å². The number of aromatic nitrogens is 1. The molecule has 34 heavy (non-hydrogen) atoms. The molecule has 0 bridgehead atoms. The first kappa shape index (κ1) is 23.9. The Hall–Kier alpha value is -3.29. The third-order valence-corrected chi connectivity index (χ3v) is 7.32. The molecular weight excluding hydrogens is 472 g/mol. The number of ether oxygens (including phenoxy) is 1. The summed E-state index contributed by atoms with van der Waals surface area (Å²) in [5.41, 5.74) is 5.03. The van der Waals surface area contributed by atoms with Gasteiger partial charge in [0, 0.05) is 21.8 Å². The van der Waals surface area contributed by atoms with E-state index < -0.39 is 16.0 Å². The van der Waals surface area contributed by atoms with Crippen LogP contribution in [-0.2, 0) is 14.8 Å². The molecule has 0 radical (unpaired) electrons. The fraction of sp³-hybridized carbons (Fsp3) is 0.192. The van der Waals surface area contributed by atoms with Crippen molar-refractivity contribution < 1.29 is 17.9 Å². The highest BCUT2D eigenvalue weighted by Gasteiger charge is 2.24. The minimum atomic E-state index is -3.86. The average Bonchev–Trinajstić information content (AvgIpc) is 3.05. The predicted molar refractivity (Wildman–Crippen MR) is 136 cm³/mol. The van der Waals surface area contributed by atoms with Gasteiger partial charge in [-0.3, -0.25) is 4.72 Å². The van der Waals surface area contributed by atoms with E-state index in [2.05, 4.69) is 4.72 Å². The van der Waals surface area contributed by atoms with Crippen LogP contribution in [0.1, 0.15) is 34.1 Å². The summed E-state index contributed by atoms with van der Waals surface area (Å²) in [5, 5.41) is 1.06. The highest BCUT2D eigenvalue weighted by atomic mass is 35.5. The van der Waals surface area contributed by atoms with E-state index in [1.807, 2.05) is 55.7 Å². The lowest BCUT2D eigenvalue weighted by atomic mass is 10.1. The Morgan fingerprint density at radius 3 is 2.26 bits per heavy atom. The fourth-order valence-electron chi connectivity index (χ4n) is 3.98. The number of rotatable bonds is 6. The van der Waals surface area contributed by atoms with Crippen LogP contribution in [-0.4, -0.2) is 25.6 Å². The second-order valence-corrected chi connectivity index (χ2v) is 10.2. The number of carbonyl (C=O) groups is 1. The van der Waals surface area contributed by atoms with Gasteiger partial charge in [0.05, 0.1) is 28.3 Å². The lowest BCUT2D eigenvalue weighted by Gasteiger charge is -2.13. The molecule has 0 atom stereocenters. The van der Waals surface area contributed by atoms with Crippen molar-refractivity contribution in [1.82, 2.24) is 4.57 Å². The zero-order valence-electron chi connectivity index (χ0n) is 19.3. The molecule has 4 aromatic rings. The summed E-state index contributed by atoms with van der Waals surface area (Å²) in [6.07, 6.45) is 0. The third kappa shape index (κ3) is 4.41. The van der Waals surface area contributed by atoms with Crippen LogP contribution in [0.3, 0.4) is 0 Å². The van der Waals surface area contributed by atoms with Gasteiger partial charge >= 0.3 is 5.97 Å². The normalized spacial score (nSPS) is 11.6. The Morgan fingerprint density at radius 2 is 1.65 bits per heavy atom. The van der Waals surface area contributed by atoms with Crippen LogP contribution in [0.25, 0.3) is 16.6 Å². The van der Waals surface area contributed by atoms with Gasteiger partial charge in [0.2, 0.25) is 0 Å². The minimum Gasteiger partial charge on any atom is -0.462 e. The topological polar surface area (TPSA) is 77.4 Å². The van der Waals surface area contributed by atoms with Crippen molar-refractivity contribution in [2.24, 2.45) is 0 Å². The number of esters is 1. The molecule has 1 heterocycles. The number of nitrogens with zero attached hydrogens (tertiary/aromatic N) is 1. The average molecular weight is 497 g/mol. The number of hydrogen-bond donors (Lipinski definition) is 1. The van der Waals surface area contributed by atoms with Gasteiger partial charge in [0.1, 0.15) is 0 Å². The number of anilines is 1. The molecule has 4 rings (SSSR count). The molecule has 3 aromatic carbocycles. The molecule has 0 spiro atoms. The Bertz CT molecular complexity index is 1490. The van der Waals surface area contributed by atoms with E-state index in [0.29, 0.717) is 27.2 Å². The van der Waals surface area contributed by atoms with E-state index >= 15 is 0 Å². The van der Waals surface area contributed by atoms with Gasteiger partial charge in [-0.05, 0) is 81.8 Å². The van der Waals surface area contributed by atoms with E-state index in [0.717, 1.165) is 22.5 Å². The number of hydrogen-bond acceptors (Lipinski definition) is 4. The molecule has 176 valence electrons. The summed E-state index contributed by atoms with van der Waals surface area (Å²) >= 11 is 5.90. The maximum atomic E-state index is 13.0. The van der Waals surface area contributed by atoms with Gasteiger partial charge in [-0.25, -0.2) is 13.2 Å². The lowest BCUT2D eigenvalue weighted by Crippen LogP contribution is -2.13. The van der Waals surface area contributed by atoms with E-state index in [4.69, 9.17) is 16.3 Å². The summed E-state index contributed by atoms with van der Waals surface area (Å²) in [4.78, 5) is 13.0. The number of nitrogens with one attached hydrogen (secondary N) is 1. The van der Waals surface area contributed by atoms with Crippen molar-refractivity contribution >= 4 is 44.2 Å². The van der Waals surface area contributed by atoms with Crippen molar-refractivity contribution in [2.45, 2.75) is 32.6 Å². The SMILES string of the molecule is CCOC(=O)c1c(C)n(-c2ccc(C)cc2)c2cc(C)c(NS(=O)(=O)c3ccc(Cl)cc3)cc12. The maximum Gasteiger partial charge on any atom is 0.340 e. The quantitative estimate of drug-likeness (QED) is 0.323. The van der Waals surface area contributed by atoms with Crippen LogP contribution < -0.4 is 4.72 Å². The van der Waals surface area contributed by atoms with E-state index in [1.165, 1.54) is 24.3 Å². The van der Waals surface area contributed by atoms with Crippen LogP contribution >= 0.6 is 11.6 Å². The summed E-state index contributed by atoms with van der Waals surface area (Å²) in [7, 11) is -3.86. The molecular formula is C26H25ClN2O4S. The van der Waals surface area contributed by atoms with E-state index in [9.17, 15) is 13.2 Å². The number of sulfonamides is 1. The molecule has 0 saturated heterocycles. The van der Waals surface area contributed by atoms with Gasteiger partial charge in [0.25, 0.3) is 10.0 Å². The predicted octanol–water partition coefficient (Wildman–Crippen LogP) is 6.19. The summed E-state index contributed by atoms with van der Waals surface area (Å²) < 4.78 is 36.0.